The minimum atomic E-state index is -0.176. The van der Waals surface area contributed by atoms with Crippen molar-refractivity contribution in [3.63, 3.8) is 0 Å². The summed E-state index contributed by atoms with van der Waals surface area (Å²) in [5, 5.41) is 9.85. The Balaban J connectivity index is 1.70. The fraction of sp³-hybridized carbons (Fsp3) is 0.273. The Kier molecular flexibility index (Phi) is 5.92. The van der Waals surface area contributed by atoms with Gasteiger partial charge in [-0.1, -0.05) is 55.4 Å². The molecule has 0 radical (unpaired) electrons. The number of rotatable bonds is 6. The first-order chi connectivity index (χ1) is 14.4. The molecule has 0 aliphatic heterocycles. The fourth-order valence-electron chi connectivity index (χ4n) is 3.09. The van der Waals surface area contributed by atoms with Gasteiger partial charge in [-0.2, -0.15) is 0 Å². The molecule has 6 nitrogen and oxygen atoms in total. The first kappa shape index (κ1) is 20.6. The second kappa shape index (κ2) is 8.62. The van der Waals surface area contributed by atoms with E-state index in [-0.39, 0.29) is 16.7 Å². The zero-order chi connectivity index (χ0) is 21.3. The predicted molar refractivity (Wildman–Crippen MR) is 120 cm³/mol. The Labute approximate surface area is 183 Å². The van der Waals surface area contributed by atoms with Crippen molar-refractivity contribution in [1.82, 2.24) is 19.7 Å². The molecule has 154 valence electrons. The van der Waals surface area contributed by atoms with E-state index in [2.05, 4.69) is 24.0 Å². The molecule has 0 saturated heterocycles. The van der Waals surface area contributed by atoms with Crippen LogP contribution >= 0.6 is 23.4 Å². The van der Waals surface area contributed by atoms with E-state index in [1.165, 1.54) is 11.8 Å². The molecule has 0 bridgehead atoms. The van der Waals surface area contributed by atoms with Crippen LogP contribution in [0.15, 0.2) is 62.9 Å². The molecule has 0 N–H and O–H groups in total. The van der Waals surface area contributed by atoms with Crippen LogP contribution in [0.2, 0.25) is 5.02 Å². The van der Waals surface area contributed by atoms with E-state index < -0.39 is 0 Å². The van der Waals surface area contributed by atoms with Gasteiger partial charge in [0.25, 0.3) is 5.56 Å². The topological polar surface area (TPSA) is 73.8 Å². The van der Waals surface area contributed by atoms with E-state index in [1.807, 2.05) is 37.3 Å². The van der Waals surface area contributed by atoms with Crippen LogP contribution in [0.5, 0.6) is 0 Å². The highest BCUT2D eigenvalue weighted by atomic mass is 35.5. The van der Waals surface area contributed by atoms with Crippen molar-refractivity contribution in [2.75, 3.05) is 0 Å². The highest BCUT2D eigenvalue weighted by Gasteiger charge is 2.21. The number of fused-ring (bicyclic) bond motifs is 1. The van der Waals surface area contributed by atoms with Crippen molar-refractivity contribution in [2.45, 2.75) is 37.7 Å². The summed E-state index contributed by atoms with van der Waals surface area (Å²) in [6.07, 6.45) is 0. The standard InChI is InChI=1S/C22H21ClN4O2S/c1-13(2)12-27-21(28)17-11-16(23)9-10-18(17)24-22(27)30-14(3)19-25-26-20(29-19)15-7-5-4-6-8-15/h4-11,13-14H,12H2,1-3H3. The van der Waals surface area contributed by atoms with Crippen LogP contribution in [-0.4, -0.2) is 19.7 Å². The lowest BCUT2D eigenvalue weighted by Gasteiger charge is -2.16. The molecule has 4 rings (SSSR count). The number of hydrogen-bond acceptors (Lipinski definition) is 6. The molecule has 1 unspecified atom stereocenters. The number of hydrogen-bond donors (Lipinski definition) is 0. The average molecular weight is 441 g/mol. The van der Waals surface area contributed by atoms with Gasteiger partial charge in [0, 0.05) is 17.1 Å². The van der Waals surface area contributed by atoms with Crippen molar-refractivity contribution in [3.05, 3.63) is 69.8 Å². The van der Waals surface area contributed by atoms with Crippen LogP contribution in [0.4, 0.5) is 0 Å². The number of thioether (sulfide) groups is 1. The van der Waals surface area contributed by atoms with Gasteiger partial charge >= 0.3 is 0 Å². The summed E-state index contributed by atoms with van der Waals surface area (Å²) in [6, 6.07) is 14.8. The Hall–Kier alpha value is -2.64. The van der Waals surface area contributed by atoms with E-state index in [1.54, 1.807) is 22.8 Å². The van der Waals surface area contributed by atoms with Gasteiger partial charge in [-0.25, -0.2) is 4.98 Å². The fourth-order valence-corrected chi connectivity index (χ4v) is 4.21. The maximum Gasteiger partial charge on any atom is 0.262 e. The largest absolute Gasteiger partial charge is 0.419 e. The van der Waals surface area contributed by atoms with Crippen molar-refractivity contribution >= 4 is 34.3 Å². The van der Waals surface area contributed by atoms with Crippen LogP contribution in [-0.2, 0) is 6.54 Å². The molecule has 4 aromatic rings. The average Bonchev–Trinajstić information content (AvgIpc) is 3.22. The summed E-state index contributed by atoms with van der Waals surface area (Å²) < 4.78 is 7.59. The van der Waals surface area contributed by atoms with Gasteiger partial charge in [-0.3, -0.25) is 9.36 Å². The summed E-state index contributed by atoms with van der Waals surface area (Å²) in [6.45, 7) is 6.65. The molecule has 0 aliphatic rings. The Morgan fingerprint density at radius 1 is 1.10 bits per heavy atom. The van der Waals surface area contributed by atoms with Gasteiger partial charge in [0.15, 0.2) is 5.16 Å². The second-order valence-corrected chi connectivity index (χ2v) is 9.18. The van der Waals surface area contributed by atoms with E-state index in [0.29, 0.717) is 39.4 Å². The minimum Gasteiger partial charge on any atom is -0.419 e. The summed E-state index contributed by atoms with van der Waals surface area (Å²) in [4.78, 5) is 17.9. The third-order valence-corrected chi connectivity index (χ3v) is 5.83. The van der Waals surface area contributed by atoms with Crippen molar-refractivity contribution in [3.8, 4) is 11.5 Å². The van der Waals surface area contributed by atoms with Gasteiger partial charge in [0.1, 0.15) is 0 Å². The zero-order valence-electron chi connectivity index (χ0n) is 16.9. The Bertz CT molecular complexity index is 1240. The van der Waals surface area contributed by atoms with Gasteiger partial charge in [0.05, 0.1) is 16.2 Å². The molecule has 2 aromatic heterocycles. The molecule has 0 amide bonds. The quantitative estimate of drug-likeness (QED) is 0.286. The van der Waals surface area contributed by atoms with Gasteiger partial charge in [-0.15, -0.1) is 10.2 Å². The van der Waals surface area contributed by atoms with E-state index >= 15 is 0 Å². The van der Waals surface area contributed by atoms with Gasteiger partial charge < -0.3 is 4.42 Å². The van der Waals surface area contributed by atoms with Crippen molar-refractivity contribution < 1.29 is 4.42 Å². The lowest BCUT2D eigenvalue weighted by Crippen LogP contribution is -2.25. The van der Waals surface area contributed by atoms with Crippen LogP contribution in [0.3, 0.4) is 0 Å². The molecular formula is C22H21ClN4O2S. The SMILES string of the molecule is CC(C)Cn1c(SC(C)c2nnc(-c3ccccc3)o2)nc2ccc(Cl)cc2c1=O. The normalized spacial score (nSPS) is 12.6. The molecule has 1 atom stereocenters. The van der Waals surface area contributed by atoms with Crippen molar-refractivity contribution in [1.29, 1.82) is 0 Å². The third-order valence-electron chi connectivity index (χ3n) is 4.52. The highest BCUT2D eigenvalue weighted by molar-refractivity contribution is 7.99. The maximum absolute atomic E-state index is 13.1. The van der Waals surface area contributed by atoms with Crippen molar-refractivity contribution in [2.24, 2.45) is 5.92 Å². The zero-order valence-corrected chi connectivity index (χ0v) is 18.4. The van der Waals surface area contributed by atoms with Crippen LogP contribution in [0, 0.1) is 5.92 Å². The molecule has 0 spiro atoms. The molecular weight excluding hydrogens is 420 g/mol. The Morgan fingerprint density at radius 2 is 1.87 bits per heavy atom. The van der Waals surface area contributed by atoms with Gasteiger partial charge in [-0.05, 0) is 43.2 Å². The number of benzene rings is 2. The van der Waals surface area contributed by atoms with Crippen LogP contribution in [0.25, 0.3) is 22.4 Å². The molecule has 2 heterocycles. The summed E-state index contributed by atoms with van der Waals surface area (Å²) in [5.74, 6) is 1.24. The summed E-state index contributed by atoms with van der Waals surface area (Å²) in [5.41, 5.74) is 1.39. The molecule has 0 saturated carbocycles. The monoisotopic (exact) mass is 440 g/mol. The number of halogens is 1. The lowest BCUT2D eigenvalue weighted by atomic mass is 10.2. The van der Waals surface area contributed by atoms with Gasteiger partial charge in [0.2, 0.25) is 11.8 Å². The molecule has 8 heteroatoms. The van der Waals surface area contributed by atoms with Crippen LogP contribution in [0.1, 0.15) is 31.9 Å². The third kappa shape index (κ3) is 4.27. The highest BCUT2D eigenvalue weighted by Crippen LogP contribution is 2.34. The summed E-state index contributed by atoms with van der Waals surface area (Å²) in [7, 11) is 0. The molecule has 2 aromatic carbocycles. The number of aromatic nitrogens is 4. The molecule has 30 heavy (non-hydrogen) atoms. The van der Waals surface area contributed by atoms with E-state index in [4.69, 9.17) is 21.0 Å². The van der Waals surface area contributed by atoms with E-state index in [0.717, 1.165) is 5.56 Å². The summed E-state index contributed by atoms with van der Waals surface area (Å²) >= 11 is 7.53. The lowest BCUT2D eigenvalue weighted by molar-refractivity contribution is 0.473. The minimum absolute atomic E-state index is 0.0959. The molecule has 0 fully saturated rings. The van der Waals surface area contributed by atoms with E-state index in [9.17, 15) is 4.79 Å². The maximum atomic E-state index is 13.1. The predicted octanol–water partition coefficient (Wildman–Crippen LogP) is 5.61. The second-order valence-electron chi connectivity index (χ2n) is 7.44. The first-order valence-corrected chi connectivity index (χ1v) is 10.9. The first-order valence-electron chi connectivity index (χ1n) is 9.68. The van der Waals surface area contributed by atoms with Crippen LogP contribution < -0.4 is 5.56 Å². The number of nitrogens with zero attached hydrogens (tertiary/aromatic N) is 4. The smallest absolute Gasteiger partial charge is 0.262 e. The Morgan fingerprint density at radius 3 is 2.60 bits per heavy atom. The molecule has 0 aliphatic carbocycles.